The second kappa shape index (κ2) is 5.61. The van der Waals surface area contributed by atoms with Gasteiger partial charge in [0.15, 0.2) is 0 Å². The third-order valence-corrected chi connectivity index (χ3v) is 3.43. The molecule has 2 aromatic rings. The van der Waals surface area contributed by atoms with Gasteiger partial charge in [-0.3, -0.25) is 15.0 Å². The maximum Gasteiger partial charge on any atom is 0.282 e. The molecule has 3 rings (SSSR count). The summed E-state index contributed by atoms with van der Waals surface area (Å²) < 4.78 is 13.6. The fourth-order valence-corrected chi connectivity index (χ4v) is 2.20. The van der Waals surface area contributed by atoms with E-state index in [1.54, 1.807) is 30.3 Å². The quantitative estimate of drug-likeness (QED) is 0.684. The summed E-state index contributed by atoms with van der Waals surface area (Å²) in [6.07, 6.45) is 1.24. The van der Waals surface area contributed by atoms with Crippen LogP contribution in [-0.4, -0.2) is 11.8 Å². The molecule has 2 amide bonds. The molecule has 1 heterocycles. The van der Waals surface area contributed by atoms with Gasteiger partial charge < -0.3 is 0 Å². The van der Waals surface area contributed by atoms with Gasteiger partial charge in [-0.05, 0) is 36.4 Å². The summed E-state index contributed by atoms with van der Waals surface area (Å²) in [7, 11) is 0. The van der Waals surface area contributed by atoms with Crippen molar-refractivity contribution < 1.29 is 14.0 Å². The molecule has 2 aromatic carbocycles. The second-order valence-electron chi connectivity index (χ2n) is 4.64. The summed E-state index contributed by atoms with van der Waals surface area (Å²) in [4.78, 5) is 24.3. The Bertz CT molecular complexity index is 787. The molecular weight excluding hydrogens is 307 g/mol. The molecule has 110 valence electrons. The molecule has 22 heavy (non-hydrogen) atoms. The number of hydrogen-bond acceptors (Lipinski definition) is 2. The fraction of sp³-hybridized carbons (Fsp3) is 0. The largest absolute Gasteiger partial charge is 0.282 e. The average Bonchev–Trinajstić information content (AvgIpc) is 2.78. The van der Waals surface area contributed by atoms with Crippen molar-refractivity contribution >= 4 is 35.2 Å². The first-order valence-electron chi connectivity index (χ1n) is 6.43. The smallest absolute Gasteiger partial charge is 0.267 e. The lowest BCUT2D eigenvalue weighted by molar-refractivity contribution is -0.117. The molecule has 0 atom stereocenters. The Labute approximate surface area is 130 Å². The Hall–Kier alpha value is -2.66. The third-order valence-electron chi connectivity index (χ3n) is 3.18. The number of halogens is 2. The van der Waals surface area contributed by atoms with Gasteiger partial charge in [0.1, 0.15) is 11.4 Å². The lowest BCUT2D eigenvalue weighted by atomic mass is 10.1. The standard InChI is InChI=1S/C16H10ClFN2O2/c17-11-5-7-12(8-6-11)20-16(22)13(15(21)19-20)9-10-3-1-2-4-14(10)18/h1-9H,(H,19,21)/b13-9+. The van der Waals surface area contributed by atoms with Crippen LogP contribution in [0.15, 0.2) is 54.1 Å². The molecule has 0 spiro atoms. The van der Waals surface area contributed by atoms with Gasteiger partial charge in [0.05, 0.1) is 5.69 Å². The van der Waals surface area contributed by atoms with Crippen LogP contribution in [0, 0.1) is 5.82 Å². The molecule has 0 saturated carbocycles. The Morgan fingerprint density at radius 1 is 1.05 bits per heavy atom. The van der Waals surface area contributed by atoms with Crippen LogP contribution in [0.2, 0.25) is 5.02 Å². The van der Waals surface area contributed by atoms with E-state index >= 15 is 0 Å². The highest BCUT2D eigenvalue weighted by molar-refractivity contribution is 6.32. The molecule has 1 saturated heterocycles. The van der Waals surface area contributed by atoms with Crippen LogP contribution in [0.25, 0.3) is 6.08 Å². The number of nitrogens with one attached hydrogen (secondary N) is 1. The highest BCUT2D eigenvalue weighted by Crippen LogP contribution is 2.23. The first-order chi connectivity index (χ1) is 10.6. The maximum atomic E-state index is 13.6. The molecule has 1 aliphatic heterocycles. The Kier molecular flexibility index (Phi) is 3.65. The van der Waals surface area contributed by atoms with Crippen molar-refractivity contribution in [2.45, 2.75) is 0 Å². The minimum Gasteiger partial charge on any atom is -0.267 e. The van der Waals surface area contributed by atoms with Crippen LogP contribution in [-0.2, 0) is 9.59 Å². The lowest BCUT2D eigenvalue weighted by Crippen LogP contribution is -2.35. The topological polar surface area (TPSA) is 49.4 Å². The van der Waals surface area contributed by atoms with Crippen molar-refractivity contribution in [1.82, 2.24) is 5.43 Å². The van der Waals surface area contributed by atoms with Gasteiger partial charge in [-0.15, -0.1) is 0 Å². The van der Waals surface area contributed by atoms with Crippen molar-refractivity contribution in [2.24, 2.45) is 0 Å². The first-order valence-corrected chi connectivity index (χ1v) is 6.81. The normalized spacial score (nSPS) is 16.3. The zero-order chi connectivity index (χ0) is 15.7. The van der Waals surface area contributed by atoms with Crippen molar-refractivity contribution in [3.8, 4) is 0 Å². The molecule has 0 aromatic heterocycles. The third kappa shape index (κ3) is 2.58. The van der Waals surface area contributed by atoms with Crippen LogP contribution in [0.5, 0.6) is 0 Å². The monoisotopic (exact) mass is 316 g/mol. The van der Waals surface area contributed by atoms with E-state index in [2.05, 4.69) is 5.43 Å². The van der Waals surface area contributed by atoms with Crippen molar-refractivity contribution in [1.29, 1.82) is 0 Å². The molecular formula is C16H10ClFN2O2. The minimum atomic E-state index is -0.580. The number of nitrogens with zero attached hydrogens (tertiary/aromatic N) is 1. The molecule has 0 unspecified atom stereocenters. The first kappa shape index (κ1) is 14.3. The van der Waals surface area contributed by atoms with Gasteiger partial charge in [-0.25, -0.2) is 9.40 Å². The molecule has 0 aliphatic carbocycles. The predicted molar refractivity (Wildman–Crippen MR) is 81.5 cm³/mol. The van der Waals surface area contributed by atoms with Gasteiger partial charge in [0.2, 0.25) is 0 Å². The van der Waals surface area contributed by atoms with E-state index < -0.39 is 17.6 Å². The predicted octanol–water partition coefficient (Wildman–Crippen LogP) is 2.94. The van der Waals surface area contributed by atoms with Crippen LogP contribution in [0.3, 0.4) is 0 Å². The number of anilines is 1. The summed E-state index contributed by atoms with van der Waals surface area (Å²) in [6.45, 7) is 0. The number of carbonyl (C=O) groups is 2. The summed E-state index contributed by atoms with van der Waals surface area (Å²) in [5, 5.41) is 1.62. The Morgan fingerprint density at radius 3 is 2.41 bits per heavy atom. The summed E-state index contributed by atoms with van der Waals surface area (Å²) in [5.74, 6) is -1.63. The Morgan fingerprint density at radius 2 is 1.73 bits per heavy atom. The van der Waals surface area contributed by atoms with Gasteiger partial charge >= 0.3 is 0 Å². The molecule has 1 aliphatic rings. The highest BCUT2D eigenvalue weighted by atomic mass is 35.5. The zero-order valence-corrected chi connectivity index (χ0v) is 12.0. The SMILES string of the molecule is O=C1NN(c2ccc(Cl)cc2)C(=O)/C1=C/c1ccccc1F. The maximum absolute atomic E-state index is 13.6. The summed E-state index contributed by atoms with van der Waals surface area (Å²) in [5.41, 5.74) is 2.97. The van der Waals surface area contributed by atoms with Gasteiger partial charge in [-0.1, -0.05) is 29.8 Å². The van der Waals surface area contributed by atoms with E-state index in [0.717, 1.165) is 5.01 Å². The molecule has 0 bridgehead atoms. The molecule has 4 nitrogen and oxygen atoms in total. The summed E-state index contributed by atoms with van der Waals surface area (Å²) in [6, 6.07) is 12.3. The summed E-state index contributed by atoms with van der Waals surface area (Å²) >= 11 is 5.79. The lowest BCUT2D eigenvalue weighted by Gasteiger charge is -2.14. The number of benzene rings is 2. The van der Waals surface area contributed by atoms with E-state index in [9.17, 15) is 14.0 Å². The Balaban J connectivity index is 1.95. The van der Waals surface area contributed by atoms with Crippen molar-refractivity contribution in [2.75, 3.05) is 5.01 Å². The van der Waals surface area contributed by atoms with Crippen LogP contribution < -0.4 is 10.4 Å². The minimum absolute atomic E-state index is 0.125. The van der Waals surface area contributed by atoms with Gasteiger partial charge in [0.25, 0.3) is 11.8 Å². The number of carbonyl (C=O) groups excluding carboxylic acids is 2. The number of rotatable bonds is 2. The van der Waals surface area contributed by atoms with Crippen molar-refractivity contribution in [3.05, 3.63) is 70.5 Å². The van der Waals surface area contributed by atoms with Crippen LogP contribution in [0.4, 0.5) is 10.1 Å². The molecule has 1 fully saturated rings. The van der Waals surface area contributed by atoms with E-state index in [0.29, 0.717) is 10.7 Å². The van der Waals surface area contributed by atoms with Gasteiger partial charge in [-0.2, -0.15) is 0 Å². The van der Waals surface area contributed by atoms with E-state index in [-0.39, 0.29) is 11.1 Å². The molecule has 0 radical (unpaired) electrons. The second-order valence-corrected chi connectivity index (χ2v) is 5.07. The van der Waals surface area contributed by atoms with Crippen LogP contribution in [0.1, 0.15) is 5.56 Å². The molecule has 6 heteroatoms. The number of amides is 2. The number of hydrogen-bond donors (Lipinski definition) is 1. The zero-order valence-electron chi connectivity index (χ0n) is 11.2. The average molecular weight is 317 g/mol. The van der Waals surface area contributed by atoms with E-state index in [4.69, 9.17) is 11.6 Å². The fourth-order valence-electron chi connectivity index (χ4n) is 2.08. The number of hydrazine groups is 1. The molecule has 1 N–H and O–H groups in total. The van der Waals surface area contributed by atoms with Gasteiger partial charge in [0, 0.05) is 10.6 Å². The van der Waals surface area contributed by atoms with Crippen LogP contribution >= 0.6 is 11.6 Å². The van der Waals surface area contributed by atoms with E-state index in [1.165, 1.54) is 24.3 Å². The van der Waals surface area contributed by atoms with Crippen molar-refractivity contribution in [3.63, 3.8) is 0 Å². The highest BCUT2D eigenvalue weighted by Gasteiger charge is 2.34. The van der Waals surface area contributed by atoms with E-state index in [1.807, 2.05) is 0 Å².